The number of rotatable bonds is 6. The van der Waals surface area contributed by atoms with Crippen molar-refractivity contribution in [3.8, 4) is 0 Å². The van der Waals surface area contributed by atoms with Crippen molar-refractivity contribution in [3.05, 3.63) is 34.9 Å². The lowest BCUT2D eigenvalue weighted by molar-refractivity contribution is 0.199. The Bertz CT molecular complexity index is 377. The number of likely N-dealkylation sites (N-methyl/N-ethyl adjacent to an activating group) is 1. The molecule has 2 unspecified atom stereocenters. The molecule has 1 aromatic rings. The summed E-state index contributed by atoms with van der Waals surface area (Å²) < 4.78 is 0. The van der Waals surface area contributed by atoms with Gasteiger partial charge < -0.3 is 5.73 Å². The fraction of sp³-hybridized carbons (Fsp3) is 0.600. The number of hydrogen-bond acceptors (Lipinski definition) is 2. The molecule has 0 aliphatic rings. The van der Waals surface area contributed by atoms with Gasteiger partial charge in [-0.25, -0.2) is 0 Å². The van der Waals surface area contributed by atoms with E-state index in [1.807, 2.05) is 18.2 Å². The van der Waals surface area contributed by atoms with E-state index < -0.39 is 0 Å². The first kappa shape index (κ1) is 15.5. The minimum absolute atomic E-state index is 0.129. The molecule has 0 heterocycles. The molecule has 18 heavy (non-hydrogen) atoms. The summed E-state index contributed by atoms with van der Waals surface area (Å²) in [5.41, 5.74) is 7.41. The summed E-state index contributed by atoms with van der Waals surface area (Å²) in [5.74, 6) is 0. The van der Waals surface area contributed by atoms with Crippen molar-refractivity contribution in [1.82, 2.24) is 4.90 Å². The highest BCUT2D eigenvalue weighted by Crippen LogP contribution is 2.23. The van der Waals surface area contributed by atoms with Gasteiger partial charge in [0.2, 0.25) is 0 Å². The molecule has 2 nitrogen and oxygen atoms in total. The number of halogens is 1. The van der Waals surface area contributed by atoms with Crippen molar-refractivity contribution in [1.29, 1.82) is 0 Å². The average Bonchev–Trinajstić information content (AvgIpc) is 2.27. The maximum atomic E-state index is 6.31. The highest BCUT2D eigenvalue weighted by molar-refractivity contribution is 6.30. The minimum atomic E-state index is -0.129. The highest BCUT2D eigenvalue weighted by Gasteiger charge is 2.22. The summed E-state index contributed by atoms with van der Waals surface area (Å²) in [6, 6.07) is 8.36. The van der Waals surface area contributed by atoms with Gasteiger partial charge in [-0.2, -0.15) is 0 Å². The first-order valence-electron chi connectivity index (χ1n) is 6.60. The molecular weight excluding hydrogens is 244 g/mol. The van der Waals surface area contributed by atoms with E-state index in [0.717, 1.165) is 24.4 Å². The number of nitrogens with zero attached hydrogens (tertiary/aromatic N) is 1. The van der Waals surface area contributed by atoms with Crippen LogP contribution in [0.4, 0.5) is 0 Å². The molecule has 0 saturated carbocycles. The Labute approximate surface area is 116 Å². The molecule has 0 amide bonds. The lowest BCUT2D eigenvalue weighted by atomic mass is 9.95. The van der Waals surface area contributed by atoms with E-state index in [1.165, 1.54) is 5.56 Å². The molecule has 0 bridgehead atoms. The van der Waals surface area contributed by atoms with Gasteiger partial charge in [0.05, 0.1) is 0 Å². The van der Waals surface area contributed by atoms with Crippen LogP contribution in [0.5, 0.6) is 0 Å². The Balaban J connectivity index is 2.69. The molecule has 3 heteroatoms. The molecule has 0 aliphatic carbocycles. The molecule has 2 N–H and O–H groups in total. The average molecular weight is 269 g/mol. The quantitative estimate of drug-likeness (QED) is 0.849. The monoisotopic (exact) mass is 268 g/mol. The maximum Gasteiger partial charge on any atom is 0.0409 e. The summed E-state index contributed by atoms with van der Waals surface area (Å²) in [4.78, 5) is 2.29. The highest BCUT2D eigenvalue weighted by atomic mass is 35.5. The fourth-order valence-corrected chi connectivity index (χ4v) is 2.58. The van der Waals surface area contributed by atoms with Gasteiger partial charge in [0.1, 0.15) is 0 Å². The summed E-state index contributed by atoms with van der Waals surface area (Å²) in [6.07, 6.45) is 2.16. The Morgan fingerprint density at radius 3 is 2.67 bits per heavy atom. The van der Waals surface area contributed by atoms with Crippen LogP contribution in [0.2, 0.25) is 5.02 Å². The van der Waals surface area contributed by atoms with Crippen LogP contribution >= 0.6 is 11.6 Å². The molecular formula is C15H25ClN2. The first-order chi connectivity index (χ1) is 8.35. The van der Waals surface area contributed by atoms with Gasteiger partial charge in [0, 0.05) is 23.1 Å². The van der Waals surface area contributed by atoms with Crippen LogP contribution in [-0.4, -0.2) is 24.0 Å². The van der Waals surface area contributed by atoms with E-state index in [4.69, 9.17) is 17.3 Å². The molecule has 0 fully saturated rings. The largest absolute Gasteiger partial charge is 0.324 e. The molecule has 102 valence electrons. The predicted octanol–water partition coefficient (Wildman–Crippen LogP) is 3.85. The van der Waals surface area contributed by atoms with E-state index in [1.54, 1.807) is 0 Å². The minimum Gasteiger partial charge on any atom is -0.324 e. The maximum absolute atomic E-state index is 6.31. The second kappa shape index (κ2) is 6.55. The Morgan fingerprint density at radius 2 is 2.11 bits per heavy atom. The third-order valence-electron chi connectivity index (χ3n) is 3.42. The lowest BCUT2D eigenvalue weighted by Crippen LogP contribution is -2.47. The van der Waals surface area contributed by atoms with Gasteiger partial charge in [-0.1, -0.05) is 37.1 Å². The van der Waals surface area contributed by atoms with Crippen LogP contribution in [0.3, 0.4) is 0 Å². The van der Waals surface area contributed by atoms with Crippen LogP contribution in [0.15, 0.2) is 24.3 Å². The molecule has 2 atom stereocenters. The van der Waals surface area contributed by atoms with E-state index in [2.05, 4.69) is 38.8 Å². The zero-order valence-corrected chi connectivity index (χ0v) is 12.7. The molecule has 0 saturated heterocycles. The summed E-state index contributed by atoms with van der Waals surface area (Å²) in [7, 11) is 2.12. The summed E-state index contributed by atoms with van der Waals surface area (Å²) in [6.45, 7) is 7.37. The van der Waals surface area contributed by atoms with Crippen LogP contribution < -0.4 is 5.73 Å². The Morgan fingerprint density at radius 1 is 1.44 bits per heavy atom. The van der Waals surface area contributed by atoms with Gasteiger partial charge in [-0.15, -0.1) is 0 Å². The molecule has 0 spiro atoms. The summed E-state index contributed by atoms with van der Waals surface area (Å²) in [5, 5.41) is 0.789. The number of benzene rings is 1. The molecule has 0 radical (unpaired) electrons. The third kappa shape index (κ3) is 4.60. The molecule has 1 aromatic carbocycles. The van der Waals surface area contributed by atoms with Crippen molar-refractivity contribution in [3.63, 3.8) is 0 Å². The van der Waals surface area contributed by atoms with E-state index in [0.29, 0.717) is 6.04 Å². The fourth-order valence-electron chi connectivity index (χ4n) is 2.38. The zero-order chi connectivity index (χ0) is 13.8. The van der Waals surface area contributed by atoms with Gasteiger partial charge in [0.15, 0.2) is 0 Å². The van der Waals surface area contributed by atoms with Gasteiger partial charge >= 0.3 is 0 Å². The van der Waals surface area contributed by atoms with E-state index >= 15 is 0 Å². The van der Waals surface area contributed by atoms with E-state index in [-0.39, 0.29) is 5.54 Å². The summed E-state index contributed by atoms with van der Waals surface area (Å²) >= 11 is 6.03. The Kier molecular flexibility index (Phi) is 5.64. The van der Waals surface area contributed by atoms with Crippen molar-refractivity contribution < 1.29 is 0 Å². The topological polar surface area (TPSA) is 29.3 Å². The third-order valence-corrected chi connectivity index (χ3v) is 3.66. The van der Waals surface area contributed by atoms with E-state index in [9.17, 15) is 0 Å². The first-order valence-corrected chi connectivity index (χ1v) is 6.98. The SMILES string of the molecule is CCCC(C)(N)CN(C)C(C)c1cccc(Cl)c1. The van der Waals surface area contributed by atoms with Crippen molar-refractivity contribution >= 4 is 11.6 Å². The van der Waals surface area contributed by atoms with Crippen molar-refractivity contribution in [2.75, 3.05) is 13.6 Å². The standard InChI is InChI=1S/C15H25ClN2/c1-5-9-15(3,17)11-18(4)12(2)13-7-6-8-14(16)10-13/h6-8,10,12H,5,9,11,17H2,1-4H3. The van der Waals surface area contributed by atoms with Crippen molar-refractivity contribution in [2.24, 2.45) is 5.73 Å². The second-order valence-corrected chi connectivity index (χ2v) is 5.99. The van der Waals surface area contributed by atoms with Crippen LogP contribution in [0, 0.1) is 0 Å². The van der Waals surface area contributed by atoms with Gasteiger partial charge in [0.25, 0.3) is 0 Å². The molecule has 0 aromatic heterocycles. The van der Waals surface area contributed by atoms with Crippen LogP contribution in [0.1, 0.15) is 45.2 Å². The van der Waals surface area contributed by atoms with Gasteiger partial charge in [-0.05, 0) is 45.0 Å². The van der Waals surface area contributed by atoms with Gasteiger partial charge in [-0.3, -0.25) is 4.90 Å². The second-order valence-electron chi connectivity index (χ2n) is 5.55. The zero-order valence-electron chi connectivity index (χ0n) is 11.9. The Hall–Kier alpha value is -0.570. The van der Waals surface area contributed by atoms with Crippen LogP contribution in [0.25, 0.3) is 0 Å². The number of nitrogens with two attached hydrogens (primary N) is 1. The van der Waals surface area contributed by atoms with Crippen molar-refractivity contribution in [2.45, 2.75) is 45.2 Å². The van der Waals surface area contributed by atoms with Crippen LogP contribution in [-0.2, 0) is 0 Å². The molecule has 1 rings (SSSR count). The smallest absolute Gasteiger partial charge is 0.0409 e. The number of hydrogen-bond donors (Lipinski definition) is 1. The normalized spacial score (nSPS) is 16.6. The molecule has 0 aliphatic heterocycles. The lowest BCUT2D eigenvalue weighted by Gasteiger charge is -2.34. The predicted molar refractivity (Wildman–Crippen MR) is 80.0 cm³/mol.